The molecule has 1 saturated heterocycles. The second kappa shape index (κ2) is 7.56. The summed E-state index contributed by atoms with van der Waals surface area (Å²) >= 11 is 0. The maximum atomic E-state index is 13.0. The van der Waals surface area contributed by atoms with Crippen LogP contribution < -0.4 is 5.73 Å². The highest BCUT2D eigenvalue weighted by Gasteiger charge is 2.41. The average molecular weight is 343 g/mol. The molecule has 1 fully saturated rings. The van der Waals surface area contributed by atoms with E-state index in [0.29, 0.717) is 11.1 Å². The number of primary amides is 1. The standard InChI is InChI=1S/C20H29N3O2/c1-3-4-5-11-22-12-9-15(10-13-22)23-14(2)16-7-6-8-17(19(21)24)18(16)20(23)25/h6-8,14-15H,3-5,9-13H2,1-2H3,(H2,21,24). The van der Waals surface area contributed by atoms with Crippen molar-refractivity contribution in [1.29, 1.82) is 0 Å². The van der Waals surface area contributed by atoms with Crippen LogP contribution in [0.4, 0.5) is 0 Å². The highest BCUT2D eigenvalue weighted by molar-refractivity contribution is 6.09. The van der Waals surface area contributed by atoms with Crippen LogP contribution in [0.15, 0.2) is 18.2 Å². The van der Waals surface area contributed by atoms with Gasteiger partial charge in [-0.3, -0.25) is 9.59 Å². The summed E-state index contributed by atoms with van der Waals surface area (Å²) in [4.78, 5) is 29.2. The quantitative estimate of drug-likeness (QED) is 0.808. The Morgan fingerprint density at radius 1 is 1.24 bits per heavy atom. The minimum Gasteiger partial charge on any atom is -0.366 e. The number of carbonyl (C=O) groups excluding carboxylic acids is 2. The van der Waals surface area contributed by atoms with E-state index in [2.05, 4.69) is 18.7 Å². The van der Waals surface area contributed by atoms with Crippen LogP contribution in [-0.2, 0) is 0 Å². The summed E-state index contributed by atoms with van der Waals surface area (Å²) in [6, 6.07) is 5.69. The number of hydrogen-bond donors (Lipinski definition) is 1. The van der Waals surface area contributed by atoms with Crippen LogP contribution in [0.25, 0.3) is 0 Å². The first-order chi connectivity index (χ1) is 12.0. The third kappa shape index (κ3) is 3.43. The van der Waals surface area contributed by atoms with Crippen molar-refractivity contribution in [2.45, 2.75) is 58.0 Å². The Bertz CT molecular complexity index is 650. The molecule has 2 aliphatic heterocycles. The van der Waals surface area contributed by atoms with Gasteiger partial charge in [0.25, 0.3) is 5.91 Å². The van der Waals surface area contributed by atoms with Gasteiger partial charge >= 0.3 is 0 Å². The fourth-order valence-electron chi connectivity index (χ4n) is 4.31. The van der Waals surface area contributed by atoms with Gasteiger partial charge in [0, 0.05) is 19.1 Å². The molecule has 0 bridgehead atoms. The van der Waals surface area contributed by atoms with Gasteiger partial charge in [0.1, 0.15) is 0 Å². The number of rotatable bonds is 6. The molecule has 5 nitrogen and oxygen atoms in total. The Labute approximate surface area is 150 Å². The lowest BCUT2D eigenvalue weighted by molar-refractivity contribution is 0.0517. The molecule has 0 radical (unpaired) electrons. The summed E-state index contributed by atoms with van der Waals surface area (Å²) in [6.45, 7) is 7.54. The van der Waals surface area contributed by atoms with Gasteiger partial charge in [-0.15, -0.1) is 0 Å². The SMILES string of the molecule is CCCCCN1CCC(N2C(=O)c3c(C(N)=O)cccc3C2C)CC1. The van der Waals surface area contributed by atoms with Crippen molar-refractivity contribution >= 4 is 11.8 Å². The zero-order valence-corrected chi connectivity index (χ0v) is 15.3. The Hall–Kier alpha value is -1.88. The van der Waals surface area contributed by atoms with E-state index in [4.69, 9.17) is 5.73 Å². The first kappa shape index (κ1) is 17.9. The molecule has 1 unspecified atom stereocenters. The van der Waals surface area contributed by atoms with Gasteiger partial charge in [-0.2, -0.15) is 0 Å². The topological polar surface area (TPSA) is 66.6 Å². The number of unbranched alkanes of at least 4 members (excludes halogenated alkanes) is 2. The summed E-state index contributed by atoms with van der Waals surface area (Å²) in [7, 11) is 0. The molecule has 1 aromatic rings. The van der Waals surface area contributed by atoms with Crippen molar-refractivity contribution in [3.8, 4) is 0 Å². The number of nitrogens with two attached hydrogens (primary N) is 1. The first-order valence-corrected chi connectivity index (χ1v) is 9.52. The number of hydrogen-bond acceptors (Lipinski definition) is 3. The van der Waals surface area contributed by atoms with Gasteiger partial charge in [-0.25, -0.2) is 0 Å². The van der Waals surface area contributed by atoms with Crippen LogP contribution in [0.1, 0.15) is 78.3 Å². The van der Waals surface area contributed by atoms with E-state index in [1.165, 1.54) is 19.3 Å². The Kier molecular flexibility index (Phi) is 5.42. The summed E-state index contributed by atoms with van der Waals surface area (Å²) in [6.07, 6.45) is 5.79. The first-order valence-electron chi connectivity index (χ1n) is 9.52. The van der Waals surface area contributed by atoms with Crippen molar-refractivity contribution in [3.63, 3.8) is 0 Å². The van der Waals surface area contributed by atoms with Crippen LogP contribution in [0.2, 0.25) is 0 Å². The molecule has 0 saturated carbocycles. The van der Waals surface area contributed by atoms with Crippen LogP contribution in [0.3, 0.4) is 0 Å². The number of benzene rings is 1. The van der Waals surface area contributed by atoms with Gasteiger partial charge in [-0.1, -0.05) is 31.9 Å². The third-order valence-electron chi connectivity index (χ3n) is 5.71. The van der Waals surface area contributed by atoms with Crippen molar-refractivity contribution in [1.82, 2.24) is 9.80 Å². The molecule has 0 aliphatic carbocycles. The van der Waals surface area contributed by atoms with E-state index in [1.54, 1.807) is 6.07 Å². The highest BCUT2D eigenvalue weighted by atomic mass is 16.2. The van der Waals surface area contributed by atoms with Gasteiger partial charge in [0.2, 0.25) is 5.91 Å². The van der Waals surface area contributed by atoms with E-state index in [1.807, 2.05) is 17.0 Å². The zero-order valence-electron chi connectivity index (χ0n) is 15.3. The fraction of sp³-hybridized carbons (Fsp3) is 0.600. The molecule has 0 spiro atoms. The largest absolute Gasteiger partial charge is 0.366 e. The minimum absolute atomic E-state index is 0.0124. The van der Waals surface area contributed by atoms with Gasteiger partial charge < -0.3 is 15.5 Å². The van der Waals surface area contributed by atoms with Crippen LogP contribution >= 0.6 is 0 Å². The molecule has 3 rings (SSSR count). The molecular formula is C20H29N3O2. The summed E-state index contributed by atoms with van der Waals surface area (Å²) in [5.41, 5.74) is 7.29. The smallest absolute Gasteiger partial charge is 0.255 e. The Balaban J connectivity index is 1.70. The van der Waals surface area contributed by atoms with Crippen LogP contribution in [-0.4, -0.2) is 47.3 Å². The maximum Gasteiger partial charge on any atom is 0.255 e. The molecule has 0 aromatic heterocycles. The summed E-state index contributed by atoms with van der Waals surface area (Å²) in [5, 5.41) is 0. The molecule has 2 heterocycles. The predicted octanol–water partition coefficient (Wildman–Crippen LogP) is 2.96. The van der Waals surface area contributed by atoms with E-state index < -0.39 is 5.91 Å². The number of likely N-dealkylation sites (tertiary alicyclic amines) is 1. The lowest BCUT2D eigenvalue weighted by Gasteiger charge is -2.38. The van der Waals surface area contributed by atoms with Crippen molar-refractivity contribution in [3.05, 3.63) is 34.9 Å². The number of amides is 2. The predicted molar refractivity (Wildman–Crippen MR) is 98.5 cm³/mol. The second-order valence-electron chi connectivity index (χ2n) is 7.30. The van der Waals surface area contributed by atoms with E-state index in [-0.39, 0.29) is 18.0 Å². The van der Waals surface area contributed by atoms with Crippen molar-refractivity contribution in [2.75, 3.05) is 19.6 Å². The normalized spacial score (nSPS) is 21.6. The van der Waals surface area contributed by atoms with Crippen molar-refractivity contribution < 1.29 is 9.59 Å². The molecule has 2 aliphatic rings. The summed E-state index contributed by atoms with van der Waals surface area (Å²) < 4.78 is 0. The van der Waals surface area contributed by atoms with E-state index in [0.717, 1.165) is 38.0 Å². The highest BCUT2D eigenvalue weighted by Crippen LogP contribution is 2.38. The number of carbonyl (C=O) groups is 2. The lowest BCUT2D eigenvalue weighted by atomic mass is 9.99. The van der Waals surface area contributed by atoms with Crippen molar-refractivity contribution in [2.24, 2.45) is 5.73 Å². The third-order valence-corrected chi connectivity index (χ3v) is 5.71. The molecule has 1 atom stereocenters. The lowest BCUT2D eigenvalue weighted by Crippen LogP contribution is -2.46. The van der Waals surface area contributed by atoms with Gasteiger partial charge in [-0.05, 0) is 44.4 Å². The molecule has 5 heteroatoms. The summed E-state index contributed by atoms with van der Waals surface area (Å²) in [5.74, 6) is -0.550. The average Bonchev–Trinajstić information content (AvgIpc) is 2.87. The molecule has 2 N–H and O–H groups in total. The zero-order chi connectivity index (χ0) is 18.0. The molecule has 136 valence electrons. The molecular weight excluding hydrogens is 314 g/mol. The number of piperidine rings is 1. The molecule has 1 aromatic carbocycles. The molecule has 2 amide bonds. The van der Waals surface area contributed by atoms with Crippen LogP contribution in [0.5, 0.6) is 0 Å². The van der Waals surface area contributed by atoms with E-state index >= 15 is 0 Å². The van der Waals surface area contributed by atoms with Gasteiger partial charge in [0.05, 0.1) is 17.2 Å². The number of nitrogens with zero attached hydrogens (tertiary/aromatic N) is 2. The monoisotopic (exact) mass is 343 g/mol. The fourth-order valence-corrected chi connectivity index (χ4v) is 4.31. The number of fused-ring (bicyclic) bond motifs is 1. The van der Waals surface area contributed by atoms with Crippen LogP contribution in [0, 0.1) is 0 Å². The maximum absolute atomic E-state index is 13.0. The Morgan fingerprint density at radius 2 is 1.96 bits per heavy atom. The van der Waals surface area contributed by atoms with E-state index in [9.17, 15) is 9.59 Å². The molecule has 25 heavy (non-hydrogen) atoms. The van der Waals surface area contributed by atoms with Gasteiger partial charge in [0.15, 0.2) is 0 Å². The second-order valence-corrected chi connectivity index (χ2v) is 7.30. The minimum atomic E-state index is -0.523. The Morgan fingerprint density at radius 3 is 2.60 bits per heavy atom.